The zero-order chi connectivity index (χ0) is 14.9. The molecule has 20 heavy (non-hydrogen) atoms. The topological polar surface area (TPSA) is 84.2 Å². The van der Waals surface area contributed by atoms with Crippen molar-refractivity contribution in [1.82, 2.24) is 5.32 Å². The van der Waals surface area contributed by atoms with E-state index in [0.29, 0.717) is 6.07 Å². The molecule has 1 heterocycles. The smallest absolute Gasteiger partial charge is 0.251 e. The maximum Gasteiger partial charge on any atom is 0.251 e. The van der Waals surface area contributed by atoms with Crippen molar-refractivity contribution in [3.8, 4) is 0 Å². The monoisotopic (exact) mass is 283 g/mol. The Balaban J connectivity index is 2.17. The Labute approximate surface area is 114 Å². The molecular formula is C13H15F2N3O2. The van der Waals surface area contributed by atoms with E-state index in [4.69, 9.17) is 5.73 Å². The van der Waals surface area contributed by atoms with Crippen LogP contribution in [0.25, 0.3) is 0 Å². The van der Waals surface area contributed by atoms with Gasteiger partial charge >= 0.3 is 0 Å². The fourth-order valence-electron chi connectivity index (χ4n) is 1.96. The second-order valence-corrected chi connectivity index (χ2v) is 4.87. The van der Waals surface area contributed by atoms with Gasteiger partial charge in [0.05, 0.1) is 11.3 Å². The third-order valence-corrected chi connectivity index (χ3v) is 3.51. The first kappa shape index (κ1) is 14.4. The van der Waals surface area contributed by atoms with E-state index in [-0.39, 0.29) is 23.4 Å². The summed E-state index contributed by atoms with van der Waals surface area (Å²) in [5, 5.41) is 5.40. The zero-order valence-corrected chi connectivity index (χ0v) is 10.9. The van der Waals surface area contributed by atoms with Gasteiger partial charge < -0.3 is 16.4 Å². The SMILES string of the molecule is CC(C(=O)Nc1cc(C(N)=O)c(F)cc1F)C1CNC1. The number of hydrogen-bond acceptors (Lipinski definition) is 3. The number of rotatable bonds is 4. The normalized spacial score (nSPS) is 16.4. The third-order valence-electron chi connectivity index (χ3n) is 3.51. The molecule has 108 valence electrons. The van der Waals surface area contributed by atoms with Gasteiger partial charge in [0.15, 0.2) is 0 Å². The molecule has 1 aromatic rings. The summed E-state index contributed by atoms with van der Waals surface area (Å²) < 4.78 is 26.9. The van der Waals surface area contributed by atoms with Crippen molar-refractivity contribution in [2.45, 2.75) is 6.92 Å². The van der Waals surface area contributed by atoms with Crippen LogP contribution in [0, 0.1) is 23.5 Å². The van der Waals surface area contributed by atoms with Crippen molar-refractivity contribution in [2.75, 3.05) is 18.4 Å². The molecular weight excluding hydrogens is 268 g/mol. The van der Waals surface area contributed by atoms with E-state index in [2.05, 4.69) is 10.6 Å². The molecule has 7 heteroatoms. The van der Waals surface area contributed by atoms with Crippen LogP contribution in [-0.2, 0) is 4.79 Å². The molecule has 4 N–H and O–H groups in total. The molecule has 1 aliphatic rings. The van der Waals surface area contributed by atoms with E-state index >= 15 is 0 Å². The summed E-state index contributed by atoms with van der Waals surface area (Å²) in [6.07, 6.45) is 0. The lowest BCUT2D eigenvalue weighted by Gasteiger charge is -2.31. The third kappa shape index (κ3) is 2.77. The molecule has 1 unspecified atom stereocenters. The molecule has 2 amide bonds. The summed E-state index contributed by atoms with van der Waals surface area (Å²) in [6.45, 7) is 3.19. The summed E-state index contributed by atoms with van der Waals surface area (Å²) in [7, 11) is 0. The molecule has 1 aromatic carbocycles. The highest BCUT2D eigenvalue weighted by Gasteiger charge is 2.29. The lowest BCUT2D eigenvalue weighted by Crippen LogP contribution is -2.48. The van der Waals surface area contributed by atoms with E-state index in [1.165, 1.54) is 0 Å². The van der Waals surface area contributed by atoms with Gasteiger partial charge in [0.25, 0.3) is 5.91 Å². The molecule has 5 nitrogen and oxygen atoms in total. The predicted molar refractivity (Wildman–Crippen MR) is 69.0 cm³/mol. The lowest BCUT2D eigenvalue weighted by atomic mass is 9.88. The van der Waals surface area contributed by atoms with Gasteiger partial charge in [-0.1, -0.05) is 6.92 Å². The lowest BCUT2D eigenvalue weighted by molar-refractivity contribution is -0.121. The fourth-order valence-corrected chi connectivity index (χ4v) is 1.96. The van der Waals surface area contributed by atoms with Gasteiger partial charge in [-0.05, 0) is 25.1 Å². The van der Waals surface area contributed by atoms with Gasteiger partial charge in [0.2, 0.25) is 5.91 Å². The fraction of sp³-hybridized carbons (Fsp3) is 0.385. The molecule has 0 saturated carbocycles. The Morgan fingerprint density at radius 1 is 1.35 bits per heavy atom. The van der Waals surface area contributed by atoms with Gasteiger partial charge in [0, 0.05) is 12.0 Å². The van der Waals surface area contributed by atoms with Gasteiger partial charge in [-0.2, -0.15) is 0 Å². The first-order valence-corrected chi connectivity index (χ1v) is 6.20. The van der Waals surface area contributed by atoms with E-state index in [9.17, 15) is 18.4 Å². The van der Waals surface area contributed by atoms with Crippen molar-refractivity contribution in [3.05, 3.63) is 29.3 Å². The minimum Gasteiger partial charge on any atom is -0.366 e. The quantitative estimate of drug-likeness (QED) is 0.766. The molecule has 0 spiro atoms. The summed E-state index contributed by atoms with van der Waals surface area (Å²) in [5.74, 6) is -3.51. The maximum absolute atomic E-state index is 13.6. The number of carbonyl (C=O) groups is 2. The maximum atomic E-state index is 13.6. The second-order valence-electron chi connectivity index (χ2n) is 4.87. The summed E-state index contributed by atoms with van der Waals surface area (Å²) in [5.41, 5.74) is 4.28. The molecule has 0 radical (unpaired) electrons. The number of hydrogen-bond donors (Lipinski definition) is 3. The van der Waals surface area contributed by atoms with Crippen LogP contribution in [0.5, 0.6) is 0 Å². The molecule has 0 aliphatic carbocycles. The highest BCUT2D eigenvalue weighted by Crippen LogP contribution is 2.22. The van der Waals surface area contributed by atoms with Crippen LogP contribution >= 0.6 is 0 Å². The Morgan fingerprint density at radius 2 is 2.00 bits per heavy atom. The molecule has 2 rings (SSSR count). The van der Waals surface area contributed by atoms with Gasteiger partial charge in [-0.25, -0.2) is 8.78 Å². The number of anilines is 1. The Kier molecular flexibility index (Phi) is 3.99. The number of amides is 2. The van der Waals surface area contributed by atoms with E-state index in [0.717, 1.165) is 19.2 Å². The molecule has 1 aliphatic heterocycles. The number of nitrogens with one attached hydrogen (secondary N) is 2. The number of nitrogens with two attached hydrogens (primary N) is 1. The minimum atomic E-state index is -1.05. The van der Waals surface area contributed by atoms with Gasteiger partial charge in [-0.3, -0.25) is 9.59 Å². The standard InChI is InChI=1S/C13H15F2N3O2/c1-6(7-4-17-5-7)13(20)18-11-2-8(12(16)19)9(14)3-10(11)15/h2-3,6-7,17H,4-5H2,1H3,(H2,16,19)(H,18,20). The average molecular weight is 283 g/mol. The van der Waals surface area contributed by atoms with Gasteiger partial charge in [0.1, 0.15) is 11.6 Å². The van der Waals surface area contributed by atoms with Crippen LogP contribution in [0.15, 0.2) is 12.1 Å². The summed E-state index contributed by atoms with van der Waals surface area (Å²) in [6, 6.07) is 1.45. The first-order chi connectivity index (χ1) is 9.40. The van der Waals surface area contributed by atoms with Crippen molar-refractivity contribution >= 4 is 17.5 Å². The van der Waals surface area contributed by atoms with E-state index in [1.54, 1.807) is 6.92 Å². The van der Waals surface area contributed by atoms with E-state index in [1.807, 2.05) is 0 Å². The van der Waals surface area contributed by atoms with Crippen LogP contribution in [0.1, 0.15) is 17.3 Å². The van der Waals surface area contributed by atoms with Crippen molar-refractivity contribution in [1.29, 1.82) is 0 Å². The second kappa shape index (κ2) is 5.54. The van der Waals surface area contributed by atoms with Crippen LogP contribution in [0.2, 0.25) is 0 Å². The van der Waals surface area contributed by atoms with Crippen LogP contribution in [0.4, 0.5) is 14.5 Å². The average Bonchev–Trinajstić information content (AvgIpc) is 2.29. The zero-order valence-electron chi connectivity index (χ0n) is 10.9. The van der Waals surface area contributed by atoms with Crippen LogP contribution in [0.3, 0.4) is 0 Å². The molecule has 0 bridgehead atoms. The highest BCUT2D eigenvalue weighted by molar-refractivity contribution is 5.97. The van der Waals surface area contributed by atoms with Crippen LogP contribution in [-0.4, -0.2) is 24.9 Å². The number of halogens is 2. The van der Waals surface area contributed by atoms with Crippen molar-refractivity contribution in [2.24, 2.45) is 17.6 Å². The largest absolute Gasteiger partial charge is 0.366 e. The number of carbonyl (C=O) groups excluding carboxylic acids is 2. The molecule has 1 atom stereocenters. The number of primary amides is 1. The van der Waals surface area contributed by atoms with Crippen molar-refractivity contribution in [3.63, 3.8) is 0 Å². The highest BCUT2D eigenvalue weighted by atomic mass is 19.1. The Hall–Kier alpha value is -2.02. The summed E-state index contributed by atoms with van der Waals surface area (Å²) >= 11 is 0. The molecule has 0 aromatic heterocycles. The molecule has 1 fully saturated rings. The minimum absolute atomic E-state index is 0.189. The summed E-state index contributed by atoms with van der Waals surface area (Å²) in [4.78, 5) is 23.0. The van der Waals surface area contributed by atoms with Gasteiger partial charge in [-0.15, -0.1) is 0 Å². The molecule has 1 saturated heterocycles. The van der Waals surface area contributed by atoms with Crippen molar-refractivity contribution < 1.29 is 18.4 Å². The number of benzene rings is 1. The Bertz CT molecular complexity index is 559. The predicted octanol–water partition coefficient (Wildman–Crippen LogP) is 0.858. The Morgan fingerprint density at radius 3 is 2.50 bits per heavy atom. The van der Waals surface area contributed by atoms with Crippen LogP contribution < -0.4 is 16.4 Å². The van der Waals surface area contributed by atoms with E-state index < -0.39 is 23.1 Å². The first-order valence-electron chi connectivity index (χ1n) is 6.20.